The lowest BCUT2D eigenvalue weighted by Crippen LogP contribution is -2.14. The van der Waals surface area contributed by atoms with Gasteiger partial charge in [-0.25, -0.2) is 18.7 Å². The van der Waals surface area contributed by atoms with Gasteiger partial charge in [-0.1, -0.05) is 12.2 Å². The molecule has 2 aromatic heterocycles. The van der Waals surface area contributed by atoms with E-state index in [-0.39, 0.29) is 23.2 Å². The summed E-state index contributed by atoms with van der Waals surface area (Å²) in [5.74, 6) is -0.558. The number of nitrogen functional groups attached to an aromatic ring is 1. The number of H-pyrrole nitrogens is 1. The first-order valence-corrected chi connectivity index (χ1v) is 12.5. The van der Waals surface area contributed by atoms with Crippen LogP contribution in [0.15, 0.2) is 23.3 Å². The Labute approximate surface area is 166 Å². The zero-order chi connectivity index (χ0) is 22.3. The Morgan fingerprint density at radius 3 is 2.53 bits per heavy atom. The van der Waals surface area contributed by atoms with Crippen LogP contribution in [-0.4, -0.2) is 45.7 Å². The SMILES string of the molecule is Nc1nc2c(ncn2[C@H]2C=CC(COP(=O)(O)OP(=O)(O)OP(=O)(O)O)C2)c(=O)[nH]1. The highest BCUT2D eigenvalue weighted by Gasteiger charge is 2.41. The summed E-state index contributed by atoms with van der Waals surface area (Å²) < 4.78 is 47.2. The molecule has 19 heteroatoms. The minimum absolute atomic E-state index is 0.0781. The third kappa shape index (κ3) is 5.71. The number of phosphoric ester groups is 1. The van der Waals surface area contributed by atoms with Crippen LogP contribution in [-0.2, 0) is 26.8 Å². The van der Waals surface area contributed by atoms with Gasteiger partial charge in [0.15, 0.2) is 11.2 Å². The van der Waals surface area contributed by atoms with E-state index in [1.165, 1.54) is 6.33 Å². The van der Waals surface area contributed by atoms with Crippen molar-refractivity contribution >= 4 is 40.6 Å². The number of phosphoric acid groups is 3. The summed E-state index contributed by atoms with van der Waals surface area (Å²) in [6.45, 7) is -0.445. The molecule has 2 aromatic rings. The van der Waals surface area contributed by atoms with Crippen LogP contribution >= 0.6 is 23.5 Å². The molecule has 0 bridgehead atoms. The van der Waals surface area contributed by atoms with Gasteiger partial charge in [0, 0.05) is 5.92 Å². The van der Waals surface area contributed by atoms with Crippen molar-refractivity contribution in [3.63, 3.8) is 0 Å². The fraction of sp³-hybridized carbons (Fsp3) is 0.364. The smallest absolute Gasteiger partial charge is 0.369 e. The van der Waals surface area contributed by atoms with Crippen LogP contribution in [0.2, 0.25) is 0 Å². The molecule has 3 rings (SSSR count). The number of rotatable bonds is 8. The summed E-state index contributed by atoms with van der Waals surface area (Å²) >= 11 is 0. The van der Waals surface area contributed by atoms with Crippen molar-refractivity contribution in [3.05, 3.63) is 28.8 Å². The van der Waals surface area contributed by atoms with E-state index < -0.39 is 41.6 Å². The highest BCUT2D eigenvalue weighted by atomic mass is 31.3. The second-order valence-corrected chi connectivity index (χ2v) is 10.5. The van der Waals surface area contributed by atoms with E-state index in [1.54, 1.807) is 16.7 Å². The number of aromatic amines is 1. The molecule has 1 aliphatic rings. The highest BCUT2D eigenvalue weighted by Crippen LogP contribution is 2.66. The average molecular weight is 487 g/mol. The molecule has 2 heterocycles. The molecule has 166 valence electrons. The fourth-order valence-electron chi connectivity index (χ4n) is 2.76. The molecule has 0 fully saturated rings. The lowest BCUT2D eigenvalue weighted by Gasteiger charge is -2.18. The standard InChI is InChI=1S/C11H16N5O11P3/c12-11-14-9-8(10(17)15-11)13-5-16(9)7-2-1-6(3-7)4-25-29(21,22)27-30(23,24)26-28(18,19)20/h1-2,5-7H,3-4H2,(H,21,22)(H,23,24)(H2,18,19,20)(H3,12,14,15,17)/t6?,7-/m0/s1. The first-order valence-electron chi connectivity index (χ1n) is 7.94. The van der Waals surface area contributed by atoms with Gasteiger partial charge in [0.25, 0.3) is 5.56 Å². The Balaban J connectivity index is 1.63. The second-order valence-electron chi connectivity index (χ2n) is 6.11. The lowest BCUT2D eigenvalue weighted by atomic mass is 10.1. The van der Waals surface area contributed by atoms with Crippen molar-refractivity contribution in [1.82, 2.24) is 19.5 Å². The third-order valence-corrected chi connectivity index (χ3v) is 7.63. The number of aromatic nitrogens is 4. The predicted octanol–water partition coefficient (Wildman–Crippen LogP) is 0.162. The molecule has 0 aromatic carbocycles. The molecule has 0 saturated heterocycles. The normalized spacial score (nSPS) is 23.5. The van der Waals surface area contributed by atoms with Crippen LogP contribution < -0.4 is 11.3 Å². The Bertz CT molecular complexity index is 1190. The van der Waals surface area contributed by atoms with Crippen LogP contribution in [0.3, 0.4) is 0 Å². The van der Waals surface area contributed by atoms with Gasteiger partial charge >= 0.3 is 23.5 Å². The number of anilines is 1. The second kappa shape index (κ2) is 8.09. The topological polar surface area (TPSA) is 249 Å². The van der Waals surface area contributed by atoms with Crippen molar-refractivity contribution in [2.24, 2.45) is 5.92 Å². The molecule has 16 nitrogen and oxygen atoms in total. The minimum Gasteiger partial charge on any atom is -0.369 e. The molecule has 0 saturated carbocycles. The zero-order valence-corrected chi connectivity index (χ0v) is 17.4. The number of fused-ring (bicyclic) bond motifs is 1. The van der Waals surface area contributed by atoms with Crippen LogP contribution in [0.5, 0.6) is 0 Å². The lowest BCUT2D eigenvalue weighted by molar-refractivity contribution is 0.159. The highest BCUT2D eigenvalue weighted by molar-refractivity contribution is 7.66. The number of nitrogens with one attached hydrogen (secondary N) is 1. The van der Waals surface area contributed by atoms with Crippen molar-refractivity contribution in [1.29, 1.82) is 0 Å². The first kappa shape index (κ1) is 23.0. The van der Waals surface area contributed by atoms with Crippen molar-refractivity contribution in [2.75, 3.05) is 12.3 Å². The summed E-state index contributed by atoms with van der Waals surface area (Å²) in [5.41, 5.74) is 5.34. The molecular weight excluding hydrogens is 471 g/mol. The van der Waals surface area contributed by atoms with Crippen LogP contribution in [0.4, 0.5) is 5.95 Å². The van der Waals surface area contributed by atoms with E-state index in [0.717, 1.165) is 0 Å². The van der Waals surface area contributed by atoms with Gasteiger partial charge in [0.05, 0.1) is 19.0 Å². The van der Waals surface area contributed by atoms with Gasteiger partial charge in [-0.2, -0.15) is 13.6 Å². The Morgan fingerprint density at radius 2 is 1.87 bits per heavy atom. The van der Waals surface area contributed by atoms with Gasteiger partial charge in [-0.3, -0.25) is 14.3 Å². The van der Waals surface area contributed by atoms with Crippen LogP contribution in [0, 0.1) is 5.92 Å². The molecule has 0 amide bonds. The number of nitrogens with zero attached hydrogens (tertiary/aromatic N) is 3. The summed E-state index contributed by atoms with van der Waals surface area (Å²) in [6, 6.07) is -0.349. The van der Waals surface area contributed by atoms with Crippen molar-refractivity contribution < 1.29 is 46.4 Å². The minimum atomic E-state index is -5.57. The molecule has 4 atom stereocenters. The maximum absolute atomic E-state index is 11.8. The van der Waals surface area contributed by atoms with E-state index in [1.807, 2.05) is 0 Å². The zero-order valence-electron chi connectivity index (χ0n) is 14.7. The molecule has 30 heavy (non-hydrogen) atoms. The van der Waals surface area contributed by atoms with E-state index in [0.29, 0.717) is 6.42 Å². The van der Waals surface area contributed by atoms with E-state index >= 15 is 0 Å². The van der Waals surface area contributed by atoms with Gasteiger partial charge < -0.3 is 29.9 Å². The fourth-order valence-corrected chi connectivity index (χ4v) is 5.84. The van der Waals surface area contributed by atoms with Crippen LogP contribution in [0.25, 0.3) is 11.2 Å². The third-order valence-electron chi connectivity index (χ3n) is 3.83. The number of imidazole rings is 1. The van der Waals surface area contributed by atoms with Gasteiger partial charge in [-0.05, 0) is 6.42 Å². The number of hydrogen-bond acceptors (Lipinski definition) is 10. The average Bonchev–Trinajstić information content (AvgIpc) is 3.15. The van der Waals surface area contributed by atoms with Crippen molar-refractivity contribution in [3.8, 4) is 0 Å². The quantitative estimate of drug-likeness (QED) is 0.214. The monoisotopic (exact) mass is 487 g/mol. The molecule has 0 spiro atoms. The van der Waals surface area contributed by atoms with E-state index in [9.17, 15) is 23.4 Å². The molecule has 7 N–H and O–H groups in total. The summed E-state index contributed by atoms with van der Waals surface area (Å²) in [4.78, 5) is 57.8. The largest absolute Gasteiger partial charge is 0.490 e. The van der Waals surface area contributed by atoms with E-state index in [2.05, 4.69) is 28.1 Å². The Kier molecular flexibility index (Phi) is 6.20. The number of allylic oxidation sites excluding steroid dienone is 1. The first-order chi connectivity index (χ1) is 13.7. The number of hydrogen-bond donors (Lipinski definition) is 6. The van der Waals surface area contributed by atoms with Crippen molar-refractivity contribution in [2.45, 2.75) is 12.5 Å². The van der Waals surface area contributed by atoms with Gasteiger partial charge in [-0.15, -0.1) is 0 Å². The molecule has 0 radical (unpaired) electrons. The predicted molar refractivity (Wildman–Crippen MR) is 98.7 cm³/mol. The Morgan fingerprint density at radius 1 is 1.17 bits per heavy atom. The molecular formula is C11H16N5O11P3. The summed E-state index contributed by atoms with van der Waals surface area (Å²) in [7, 11) is -16.2. The molecule has 3 unspecified atom stereocenters. The number of nitrogens with two attached hydrogens (primary N) is 1. The van der Waals surface area contributed by atoms with E-state index in [4.69, 9.17) is 20.4 Å². The van der Waals surface area contributed by atoms with Gasteiger partial charge in [0.1, 0.15) is 0 Å². The summed E-state index contributed by atoms with van der Waals surface area (Å²) in [6.07, 6.45) is 5.02. The molecule has 0 aliphatic heterocycles. The maximum Gasteiger partial charge on any atom is 0.490 e. The Hall–Kier alpha value is -1.70. The molecule has 1 aliphatic carbocycles. The van der Waals surface area contributed by atoms with Gasteiger partial charge in [0.2, 0.25) is 5.95 Å². The summed E-state index contributed by atoms with van der Waals surface area (Å²) in [5, 5.41) is 0. The maximum atomic E-state index is 11.8. The van der Waals surface area contributed by atoms with Crippen LogP contribution in [0.1, 0.15) is 12.5 Å².